The molecule has 124 valence electrons. The summed E-state index contributed by atoms with van der Waals surface area (Å²) in [6.07, 6.45) is 6.03. The Kier molecular flexibility index (Phi) is 7.19. The van der Waals surface area contributed by atoms with Gasteiger partial charge < -0.3 is 4.74 Å². The molecule has 0 radical (unpaired) electrons. The third-order valence-electron chi connectivity index (χ3n) is 4.73. The molecule has 0 bridgehead atoms. The summed E-state index contributed by atoms with van der Waals surface area (Å²) in [6, 6.07) is 17.2. The van der Waals surface area contributed by atoms with Crippen molar-refractivity contribution in [2.45, 2.75) is 52.9 Å². The minimum Gasteiger partial charge on any atom is -0.493 e. The van der Waals surface area contributed by atoms with Gasteiger partial charge in [0.15, 0.2) is 0 Å². The van der Waals surface area contributed by atoms with E-state index in [1.54, 1.807) is 0 Å². The SMILES string of the molecule is CCc1ccc(-c2ccccc2OCCCC(CC)CC)cc1. The third-order valence-corrected chi connectivity index (χ3v) is 4.73. The fourth-order valence-electron chi connectivity index (χ4n) is 3.00. The van der Waals surface area contributed by atoms with Crippen LogP contribution in [0.3, 0.4) is 0 Å². The van der Waals surface area contributed by atoms with Crippen LogP contribution in [-0.4, -0.2) is 6.61 Å². The third kappa shape index (κ3) is 5.13. The summed E-state index contributed by atoms with van der Waals surface area (Å²) in [6.45, 7) is 7.56. The summed E-state index contributed by atoms with van der Waals surface area (Å²) >= 11 is 0. The average molecular weight is 310 g/mol. The molecule has 0 aromatic heterocycles. The van der Waals surface area contributed by atoms with Gasteiger partial charge in [0.1, 0.15) is 5.75 Å². The van der Waals surface area contributed by atoms with Crippen molar-refractivity contribution in [2.24, 2.45) is 5.92 Å². The summed E-state index contributed by atoms with van der Waals surface area (Å²) in [5.41, 5.74) is 3.80. The Morgan fingerprint density at radius 2 is 1.57 bits per heavy atom. The van der Waals surface area contributed by atoms with Crippen molar-refractivity contribution in [3.05, 3.63) is 54.1 Å². The molecule has 1 heteroatoms. The highest BCUT2D eigenvalue weighted by molar-refractivity contribution is 5.70. The monoisotopic (exact) mass is 310 g/mol. The Morgan fingerprint density at radius 1 is 0.870 bits per heavy atom. The van der Waals surface area contributed by atoms with Gasteiger partial charge in [-0.15, -0.1) is 0 Å². The number of para-hydroxylation sites is 1. The molecule has 0 heterocycles. The first-order valence-electron chi connectivity index (χ1n) is 9.09. The molecule has 0 saturated carbocycles. The van der Waals surface area contributed by atoms with Gasteiger partial charge in [-0.3, -0.25) is 0 Å². The molecule has 0 spiro atoms. The summed E-state index contributed by atoms with van der Waals surface area (Å²) in [4.78, 5) is 0. The van der Waals surface area contributed by atoms with Gasteiger partial charge in [-0.2, -0.15) is 0 Å². The highest BCUT2D eigenvalue weighted by Gasteiger charge is 2.07. The van der Waals surface area contributed by atoms with Gasteiger partial charge >= 0.3 is 0 Å². The van der Waals surface area contributed by atoms with E-state index in [1.165, 1.54) is 36.0 Å². The lowest BCUT2D eigenvalue weighted by atomic mass is 9.98. The van der Waals surface area contributed by atoms with Crippen LogP contribution in [0, 0.1) is 5.92 Å². The lowest BCUT2D eigenvalue weighted by Crippen LogP contribution is -2.03. The zero-order valence-electron chi connectivity index (χ0n) is 14.8. The molecular formula is C22H30O. The van der Waals surface area contributed by atoms with E-state index in [-0.39, 0.29) is 0 Å². The van der Waals surface area contributed by atoms with E-state index in [1.807, 2.05) is 0 Å². The predicted molar refractivity (Wildman–Crippen MR) is 100 cm³/mol. The first kappa shape index (κ1) is 17.6. The van der Waals surface area contributed by atoms with E-state index >= 15 is 0 Å². The molecule has 0 aliphatic rings. The van der Waals surface area contributed by atoms with Crippen LogP contribution in [0.15, 0.2) is 48.5 Å². The van der Waals surface area contributed by atoms with Gasteiger partial charge in [-0.25, -0.2) is 0 Å². The average Bonchev–Trinajstić information content (AvgIpc) is 2.62. The van der Waals surface area contributed by atoms with Crippen LogP contribution >= 0.6 is 0 Å². The second kappa shape index (κ2) is 9.39. The number of ether oxygens (including phenoxy) is 1. The second-order valence-electron chi connectivity index (χ2n) is 6.22. The summed E-state index contributed by atoms with van der Waals surface area (Å²) < 4.78 is 6.09. The molecule has 2 aromatic rings. The fraction of sp³-hybridized carbons (Fsp3) is 0.455. The van der Waals surface area contributed by atoms with Crippen molar-refractivity contribution in [2.75, 3.05) is 6.61 Å². The first-order chi connectivity index (χ1) is 11.3. The van der Waals surface area contributed by atoms with Crippen LogP contribution in [0.25, 0.3) is 11.1 Å². The molecule has 0 atom stereocenters. The zero-order chi connectivity index (χ0) is 16.5. The molecule has 0 N–H and O–H groups in total. The van der Waals surface area contributed by atoms with E-state index in [0.717, 1.165) is 31.1 Å². The Hall–Kier alpha value is -1.76. The summed E-state index contributed by atoms with van der Waals surface area (Å²) in [7, 11) is 0. The van der Waals surface area contributed by atoms with Crippen molar-refractivity contribution >= 4 is 0 Å². The fourth-order valence-corrected chi connectivity index (χ4v) is 3.00. The predicted octanol–water partition coefficient (Wildman–Crippen LogP) is 6.51. The van der Waals surface area contributed by atoms with Crippen molar-refractivity contribution < 1.29 is 4.74 Å². The van der Waals surface area contributed by atoms with Crippen LogP contribution in [0.5, 0.6) is 5.75 Å². The topological polar surface area (TPSA) is 9.23 Å². The molecular weight excluding hydrogens is 280 g/mol. The molecule has 0 aliphatic heterocycles. The van der Waals surface area contributed by atoms with E-state index in [2.05, 4.69) is 69.3 Å². The Morgan fingerprint density at radius 3 is 2.22 bits per heavy atom. The minimum atomic E-state index is 0.806. The second-order valence-corrected chi connectivity index (χ2v) is 6.22. The largest absolute Gasteiger partial charge is 0.493 e. The highest BCUT2D eigenvalue weighted by Crippen LogP contribution is 2.30. The van der Waals surface area contributed by atoms with Crippen LogP contribution in [0.1, 0.15) is 52.0 Å². The maximum atomic E-state index is 6.09. The Bertz CT molecular complexity index is 567. The number of hydrogen-bond acceptors (Lipinski definition) is 1. The smallest absolute Gasteiger partial charge is 0.127 e. The number of hydrogen-bond donors (Lipinski definition) is 0. The molecule has 0 fully saturated rings. The van der Waals surface area contributed by atoms with Gasteiger partial charge in [-0.1, -0.05) is 76.1 Å². The number of benzene rings is 2. The highest BCUT2D eigenvalue weighted by atomic mass is 16.5. The standard InChI is InChI=1S/C22H30O/c1-4-18(5-2)10-9-17-23-22-12-8-7-11-21(22)20-15-13-19(6-3)14-16-20/h7-8,11-16,18H,4-6,9-10,17H2,1-3H3. The van der Waals surface area contributed by atoms with Crippen LogP contribution < -0.4 is 4.74 Å². The van der Waals surface area contributed by atoms with Gasteiger partial charge in [0, 0.05) is 5.56 Å². The molecule has 0 amide bonds. The van der Waals surface area contributed by atoms with Crippen molar-refractivity contribution in [3.8, 4) is 16.9 Å². The lowest BCUT2D eigenvalue weighted by Gasteiger charge is -2.14. The van der Waals surface area contributed by atoms with E-state index in [9.17, 15) is 0 Å². The van der Waals surface area contributed by atoms with Gasteiger partial charge in [0.25, 0.3) is 0 Å². The van der Waals surface area contributed by atoms with E-state index < -0.39 is 0 Å². The van der Waals surface area contributed by atoms with Crippen LogP contribution in [0.2, 0.25) is 0 Å². The first-order valence-corrected chi connectivity index (χ1v) is 9.09. The van der Waals surface area contributed by atoms with Gasteiger partial charge in [0.05, 0.1) is 6.61 Å². The normalized spacial score (nSPS) is 11.0. The van der Waals surface area contributed by atoms with Crippen molar-refractivity contribution in [1.29, 1.82) is 0 Å². The van der Waals surface area contributed by atoms with Crippen LogP contribution in [-0.2, 0) is 6.42 Å². The van der Waals surface area contributed by atoms with E-state index in [0.29, 0.717) is 0 Å². The van der Waals surface area contributed by atoms with Gasteiger partial charge in [-0.05, 0) is 42.4 Å². The molecule has 2 rings (SSSR count). The van der Waals surface area contributed by atoms with Crippen LogP contribution in [0.4, 0.5) is 0 Å². The molecule has 0 saturated heterocycles. The van der Waals surface area contributed by atoms with Crippen molar-refractivity contribution in [1.82, 2.24) is 0 Å². The molecule has 0 unspecified atom stereocenters. The molecule has 0 aliphatic carbocycles. The lowest BCUT2D eigenvalue weighted by molar-refractivity contribution is 0.289. The zero-order valence-corrected chi connectivity index (χ0v) is 14.8. The van der Waals surface area contributed by atoms with Gasteiger partial charge in [0.2, 0.25) is 0 Å². The summed E-state index contributed by atoms with van der Waals surface area (Å²) in [5.74, 6) is 1.84. The quantitative estimate of drug-likeness (QED) is 0.480. The minimum absolute atomic E-state index is 0.806. The maximum Gasteiger partial charge on any atom is 0.127 e. The molecule has 23 heavy (non-hydrogen) atoms. The molecule has 2 aromatic carbocycles. The Balaban J connectivity index is 1.99. The van der Waals surface area contributed by atoms with Crippen molar-refractivity contribution in [3.63, 3.8) is 0 Å². The van der Waals surface area contributed by atoms with E-state index in [4.69, 9.17) is 4.74 Å². The summed E-state index contributed by atoms with van der Waals surface area (Å²) in [5, 5.41) is 0. The maximum absolute atomic E-state index is 6.09. The number of aryl methyl sites for hydroxylation is 1. The Labute approximate surface area is 141 Å². The number of rotatable bonds is 9. The molecule has 1 nitrogen and oxygen atoms in total.